The Balaban J connectivity index is 2.32. The second-order valence-electron chi connectivity index (χ2n) is 5.71. The average molecular weight is 418 g/mol. The molecule has 9 heteroatoms. The third-order valence-corrected chi connectivity index (χ3v) is 4.10. The number of para-hydroxylation sites is 1. The van der Waals surface area contributed by atoms with Crippen LogP contribution < -0.4 is 4.90 Å². The first-order valence-corrected chi connectivity index (χ1v) is 8.57. The van der Waals surface area contributed by atoms with E-state index in [2.05, 4.69) is 0 Å². The van der Waals surface area contributed by atoms with Crippen LogP contribution in [0.25, 0.3) is 0 Å². The quantitative estimate of drug-likeness (QED) is 0.508. The minimum atomic E-state index is -4.77. The molecule has 0 aromatic heterocycles. The summed E-state index contributed by atoms with van der Waals surface area (Å²) in [6.45, 7) is 1.27. The first-order chi connectivity index (χ1) is 13.1. The van der Waals surface area contributed by atoms with E-state index < -0.39 is 47.4 Å². The number of hydrogen-bond acceptors (Lipinski definition) is 3. The van der Waals surface area contributed by atoms with Crippen molar-refractivity contribution in [3.05, 3.63) is 64.4 Å². The van der Waals surface area contributed by atoms with Gasteiger partial charge in [-0.25, -0.2) is 4.39 Å². The highest BCUT2D eigenvalue weighted by Crippen LogP contribution is 2.34. The number of esters is 1. The van der Waals surface area contributed by atoms with Crippen LogP contribution in [0.2, 0.25) is 5.02 Å². The number of anilines is 1. The lowest BCUT2D eigenvalue weighted by atomic mass is 10.1. The molecular weight excluding hydrogens is 402 g/mol. The van der Waals surface area contributed by atoms with Gasteiger partial charge < -0.3 is 9.64 Å². The number of nitrogens with zero attached hydrogens (tertiary/aromatic N) is 1. The summed E-state index contributed by atoms with van der Waals surface area (Å²) >= 11 is 5.79. The number of carbonyl (C=O) groups is 2. The van der Waals surface area contributed by atoms with Gasteiger partial charge in [-0.05, 0) is 31.2 Å². The van der Waals surface area contributed by atoms with Crippen molar-refractivity contribution < 1.29 is 31.9 Å². The van der Waals surface area contributed by atoms with Gasteiger partial charge >= 0.3 is 12.1 Å². The van der Waals surface area contributed by atoms with Crippen LogP contribution in [0.5, 0.6) is 0 Å². The molecule has 2 aromatic rings. The van der Waals surface area contributed by atoms with Crippen molar-refractivity contribution in [1.29, 1.82) is 0 Å². The zero-order chi connectivity index (χ0) is 20.9. The van der Waals surface area contributed by atoms with Crippen LogP contribution in [0.1, 0.15) is 18.1 Å². The number of ether oxygens (including phenoxy) is 1. The number of hydrogen-bond donors (Lipinski definition) is 0. The molecule has 150 valence electrons. The van der Waals surface area contributed by atoms with Crippen LogP contribution in [0, 0.1) is 5.82 Å². The topological polar surface area (TPSA) is 46.6 Å². The number of halogens is 5. The normalized spacial score (nSPS) is 11.2. The molecule has 0 unspecified atom stereocenters. The third kappa shape index (κ3) is 5.45. The highest BCUT2D eigenvalue weighted by Gasteiger charge is 2.33. The molecule has 0 radical (unpaired) electrons. The second kappa shape index (κ2) is 9.05. The summed E-state index contributed by atoms with van der Waals surface area (Å²) in [5, 5.41) is -0.523. The van der Waals surface area contributed by atoms with Crippen LogP contribution >= 0.6 is 11.6 Å². The first kappa shape index (κ1) is 21.7. The highest BCUT2D eigenvalue weighted by atomic mass is 35.5. The largest absolute Gasteiger partial charge is 0.465 e. The van der Waals surface area contributed by atoms with Crippen LogP contribution in [0.15, 0.2) is 42.5 Å². The summed E-state index contributed by atoms with van der Waals surface area (Å²) in [7, 11) is 0. The predicted molar refractivity (Wildman–Crippen MR) is 95.5 cm³/mol. The van der Waals surface area contributed by atoms with Crippen molar-refractivity contribution in [2.45, 2.75) is 19.5 Å². The Labute approximate surface area is 163 Å². The average Bonchev–Trinajstić information content (AvgIpc) is 2.62. The molecule has 0 spiro atoms. The minimum Gasteiger partial charge on any atom is -0.465 e. The number of rotatable bonds is 6. The molecule has 0 N–H and O–H groups in total. The monoisotopic (exact) mass is 417 g/mol. The van der Waals surface area contributed by atoms with Crippen molar-refractivity contribution in [1.82, 2.24) is 0 Å². The molecule has 2 aromatic carbocycles. The number of benzene rings is 2. The molecule has 1 amide bonds. The summed E-state index contributed by atoms with van der Waals surface area (Å²) in [6.07, 6.45) is -5.40. The van der Waals surface area contributed by atoms with Gasteiger partial charge in [0.25, 0.3) is 0 Å². The Kier molecular flexibility index (Phi) is 7.01. The van der Waals surface area contributed by atoms with E-state index in [4.69, 9.17) is 16.3 Å². The van der Waals surface area contributed by atoms with Gasteiger partial charge in [-0.1, -0.05) is 29.8 Å². The molecule has 0 fully saturated rings. The summed E-state index contributed by atoms with van der Waals surface area (Å²) < 4.78 is 57.3. The fourth-order valence-electron chi connectivity index (χ4n) is 2.45. The molecule has 0 aliphatic heterocycles. The van der Waals surface area contributed by atoms with Gasteiger partial charge in [0, 0.05) is 16.3 Å². The molecule has 4 nitrogen and oxygen atoms in total. The molecule has 0 saturated heterocycles. The molecule has 0 heterocycles. The molecule has 0 aliphatic rings. The Hall–Kier alpha value is -2.61. The number of alkyl halides is 3. The van der Waals surface area contributed by atoms with Crippen LogP contribution in [0.3, 0.4) is 0 Å². The van der Waals surface area contributed by atoms with E-state index in [1.807, 2.05) is 0 Å². The number of carbonyl (C=O) groups excluding carboxylic acids is 2. The molecular formula is C19H16ClF4NO3. The third-order valence-electron chi connectivity index (χ3n) is 3.76. The van der Waals surface area contributed by atoms with Crippen molar-refractivity contribution in [2.75, 3.05) is 18.1 Å². The van der Waals surface area contributed by atoms with E-state index in [9.17, 15) is 27.2 Å². The molecule has 0 saturated carbocycles. The molecule has 28 heavy (non-hydrogen) atoms. The first-order valence-electron chi connectivity index (χ1n) is 8.19. The van der Waals surface area contributed by atoms with Crippen LogP contribution in [-0.4, -0.2) is 25.0 Å². The van der Waals surface area contributed by atoms with Gasteiger partial charge in [0.2, 0.25) is 5.91 Å². The predicted octanol–water partition coefficient (Wildman–Crippen LogP) is 4.64. The lowest BCUT2D eigenvalue weighted by Gasteiger charge is -2.22. The van der Waals surface area contributed by atoms with E-state index in [1.54, 1.807) is 37.3 Å². The minimum absolute atomic E-state index is 0.106. The van der Waals surface area contributed by atoms with Gasteiger partial charge in [-0.15, -0.1) is 0 Å². The van der Waals surface area contributed by atoms with Crippen molar-refractivity contribution in [3.63, 3.8) is 0 Å². The summed E-state index contributed by atoms with van der Waals surface area (Å²) in [5.41, 5.74) is -1.29. The van der Waals surface area contributed by atoms with Crippen LogP contribution in [0.4, 0.5) is 23.2 Å². The fourth-order valence-corrected chi connectivity index (χ4v) is 2.72. The summed E-state index contributed by atoms with van der Waals surface area (Å²) in [5.74, 6) is -2.66. The number of amides is 1. The van der Waals surface area contributed by atoms with Gasteiger partial charge in [0.1, 0.15) is 12.4 Å². The van der Waals surface area contributed by atoms with Crippen molar-refractivity contribution in [3.8, 4) is 0 Å². The van der Waals surface area contributed by atoms with E-state index in [-0.39, 0.29) is 18.2 Å². The smallest absolute Gasteiger partial charge is 0.416 e. The Morgan fingerprint density at radius 2 is 1.79 bits per heavy atom. The van der Waals surface area contributed by atoms with E-state index >= 15 is 0 Å². The fraction of sp³-hybridized carbons (Fsp3) is 0.263. The van der Waals surface area contributed by atoms with E-state index in [0.29, 0.717) is 11.8 Å². The van der Waals surface area contributed by atoms with Crippen molar-refractivity contribution in [2.24, 2.45) is 0 Å². The van der Waals surface area contributed by atoms with E-state index in [0.717, 1.165) is 4.90 Å². The highest BCUT2D eigenvalue weighted by molar-refractivity contribution is 6.31. The second-order valence-corrected chi connectivity index (χ2v) is 6.12. The van der Waals surface area contributed by atoms with Gasteiger partial charge in [0.05, 0.1) is 18.6 Å². The Bertz CT molecular complexity index is 833. The van der Waals surface area contributed by atoms with Crippen LogP contribution in [-0.2, 0) is 26.9 Å². The van der Waals surface area contributed by atoms with Crippen molar-refractivity contribution >= 4 is 29.2 Å². The Morgan fingerprint density at radius 3 is 2.32 bits per heavy atom. The molecule has 2 rings (SSSR count). The summed E-state index contributed by atoms with van der Waals surface area (Å²) in [4.78, 5) is 25.6. The lowest BCUT2D eigenvalue weighted by molar-refractivity contribution is -0.142. The van der Waals surface area contributed by atoms with E-state index in [1.165, 1.54) is 0 Å². The van der Waals surface area contributed by atoms with Gasteiger partial charge in [-0.2, -0.15) is 13.2 Å². The molecule has 0 aliphatic carbocycles. The van der Waals surface area contributed by atoms with Gasteiger partial charge in [-0.3, -0.25) is 9.59 Å². The zero-order valence-corrected chi connectivity index (χ0v) is 15.5. The summed E-state index contributed by atoms with van der Waals surface area (Å²) in [6, 6.07) is 8.92. The Morgan fingerprint density at radius 1 is 1.14 bits per heavy atom. The lowest BCUT2D eigenvalue weighted by Crippen LogP contribution is -2.37. The SMILES string of the molecule is CCOC(=O)CN(C(=O)Cc1c(F)cc(C(F)(F)F)cc1Cl)c1ccccc1. The maximum atomic E-state index is 14.2. The maximum Gasteiger partial charge on any atom is 0.416 e. The standard InChI is InChI=1S/C19H16ClF4NO3/c1-2-28-18(27)11-25(13-6-4-3-5-7-13)17(26)10-14-15(20)8-12(9-16(14)21)19(22,23)24/h3-9H,2,10-11H2,1H3. The zero-order valence-electron chi connectivity index (χ0n) is 14.7. The molecule has 0 atom stereocenters. The molecule has 0 bridgehead atoms. The maximum absolute atomic E-state index is 14.2. The van der Waals surface area contributed by atoms with Gasteiger partial charge in [0.15, 0.2) is 0 Å².